The van der Waals surface area contributed by atoms with Gasteiger partial charge in [-0.25, -0.2) is 0 Å². The van der Waals surface area contributed by atoms with E-state index in [4.69, 9.17) is 10.5 Å². The van der Waals surface area contributed by atoms with Crippen molar-refractivity contribution in [2.24, 2.45) is 0 Å². The van der Waals surface area contributed by atoms with Gasteiger partial charge in [-0.2, -0.15) is 0 Å². The molecule has 21 heavy (non-hydrogen) atoms. The van der Waals surface area contributed by atoms with Crippen LogP contribution in [0.25, 0.3) is 0 Å². The third kappa shape index (κ3) is 4.43. The first-order valence-corrected chi connectivity index (χ1v) is 7.43. The van der Waals surface area contributed by atoms with Gasteiger partial charge in [0, 0.05) is 16.3 Å². The fourth-order valence-corrected chi connectivity index (χ4v) is 2.71. The van der Waals surface area contributed by atoms with E-state index in [0.717, 1.165) is 10.6 Å². The van der Waals surface area contributed by atoms with Gasteiger partial charge < -0.3 is 15.8 Å². The van der Waals surface area contributed by atoms with Crippen LogP contribution in [0.3, 0.4) is 0 Å². The summed E-state index contributed by atoms with van der Waals surface area (Å²) in [5.41, 5.74) is 7.03. The number of ether oxygens (including phenoxy) is 1. The summed E-state index contributed by atoms with van der Waals surface area (Å²) in [6, 6.07) is 14.8. The number of nitrogens with two attached hydrogens (primary N) is 1. The molecule has 2 rings (SSSR count). The summed E-state index contributed by atoms with van der Waals surface area (Å²) in [5.74, 6) is 0.719. The van der Waals surface area contributed by atoms with Gasteiger partial charge in [0.15, 0.2) is 0 Å². The average Bonchev–Trinajstić information content (AvgIpc) is 2.47. The van der Waals surface area contributed by atoms with Crippen LogP contribution < -0.4 is 15.8 Å². The zero-order chi connectivity index (χ0) is 15.2. The third-order valence-electron chi connectivity index (χ3n) is 2.88. The molecular weight excluding hydrogens is 284 g/mol. The first kappa shape index (κ1) is 15.3. The summed E-state index contributed by atoms with van der Waals surface area (Å²) >= 11 is 1.48. The summed E-state index contributed by atoms with van der Waals surface area (Å²) in [6.45, 7) is 1.87. The molecule has 0 fully saturated rings. The molecule has 0 saturated heterocycles. The van der Waals surface area contributed by atoms with E-state index in [2.05, 4.69) is 5.32 Å². The quantitative estimate of drug-likeness (QED) is 0.656. The van der Waals surface area contributed by atoms with Gasteiger partial charge >= 0.3 is 0 Å². The molecule has 4 nitrogen and oxygen atoms in total. The summed E-state index contributed by atoms with van der Waals surface area (Å²) < 4.78 is 5.18. The van der Waals surface area contributed by atoms with Gasteiger partial charge in [-0.1, -0.05) is 12.1 Å². The number of anilines is 2. The second-order valence-electron chi connectivity index (χ2n) is 4.55. The molecular formula is C16H18N2O2S. The lowest BCUT2D eigenvalue weighted by atomic mass is 10.3. The lowest BCUT2D eigenvalue weighted by Crippen LogP contribution is -2.22. The molecule has 0 bridgehead atoms. The molecule has 0 aromatic heterocycles. The van der Waals surface area contributed by atoms with E-state index in [0.29, 0.717) is 11.4 Å². The number of methoxy groups -OCH3 is 1. The first-order valence-electron chi connectivity index (χ1n) is 6.55. The maximum Gasteiger partial charge on any atom is 0.237 e. The first-order chi connectivity index (χ1) is 10.1. The van der Waals surface area contributed by atoms with Crippen molar-refractivity contribution in [2.45, 2.75) is 17.1 Å². The summed E-state index contributed by atoms with van der Waals surface area (Å²) in [7, 11) is 1.62. The van der Waals surface area contributed by atoms with Gasteiger partial charge in [0.1, 0.15) is 5.75 Å². The van der Waals surface area contributed by atoms with Gasteiger partial charge in [0.25, 0.3) is 0 Å². The Hall–Kier alpha value is -2.14. The minimum absolute atomic E-state index is 0.0616. The van der Waals surface area contributed by atoms with Crippen LogP contribution in [0.5, 0.6) is 5.75 Å². The Bertz CT molecular complexity index is 631. The fraction of sp³-hybridized carbons (Fsp3) is 0.188. The Morgan fingerprint density at radius 3 is 2.71 bits per heavy atom. The molecule has 0 aliphatic heterocycles. The van der Waals surface area contributed by atoms with E-state index in [1.807, 2.05) is 43.3 Å². The van der Waals surface area contributed by atoms with Crippen molar-refractivity contribution in [1.82, 2.24) is 0 Å². The number of benzene rings is 2. The van der Waals surface area contributed by atoms with Crippen LogP contribution in [0, 0.1) is 0 Å². The highest BCUT2D eigenvalue weighted by Gasteiger charge is 2.15. The average molecular weight is 302 g/mol. The molecule has 1 atom stereocenters. The SMILES string of the molecule is COc1cccc(SC(C)C(=O)Nc2cccc(N)c2)c1. The van der Waals surface area contributed by atoms with Gasteiger partial charge in [-0.15, -0.1) is 11.8 Å². The number of carbonyl (C=O) groups is 1. The highest BCUT2D eigenvalue weighted by atomic mass is 32.2. The largest absolute Gasteiger partial charge is 0.497 e. The monoisotopic (exact) mass is 302 g/mol. The van der Waals surface area contributed by atoms with Crippen molar-refractivity contribution >= 4 is 29.0 Å². The highest BCUT2D eigenvalue weighted by Crippen LogP contribution is 2.27. The zero-order valence-corrected chi connectivity index (χ0v) is 12.8. The van der Waals surface area contributed by atoms with Gasteiger partial charge in [-0.3, -0.25) is 4.79 Å². The van der Waals surface area contributed by atoms with Crippen LogP contribution in [-0.2, 0) is 4.79 Å². The normalized spacial score (nSPS) is 11.7. The number of hydrogen-bond acceptors (Lipinski definition) is 4. The number of hydrogen-bond donors (Lipinski definition) is 2. The second kappa shape index (κ2) is 7.04. The molecule has 0 saturated carbocycles. The van der Waals surface area contributed by atoms with Crippen molar-refractivity contribution < 1.29 is 9.53 Å². The van der Waals surface area contributed by atoms with E-state index < -0.39 is 0 Å². The van der Waals surface area contributed by atoms with Gasteiger partial charge in [0.2, 0.25) is 5.91 Å². The Morgan fingerprint density at radius 1 is 1.24 bits per heavy atom. The van der Waals surface area contributed by atoms with E-state index >= 15 is 0 Å². The van der Waals surface area contributed by atoms with Crippen LogP contribution in [0.1, 0.15) is 6.92 Å². The Kier molecular flexibility index (Phi) is 5.11. The molecule has 5 heteroatoms. The summed E-state index contributed by atoms with van der Waals surface area (Å²) in [4.78, 5) is 13.2. The summed E-state index contributed by atoms with van der Waals surface area (Å²) in [6.07, 6.45) is 0. The topological polar surface area (TPSA) is 64.3 Å². The molecule has 0 spiro atoms. The smallest absolute Gasteiger partial charge is 0.237 e. The molecule has 1 unspecified atom stereocenters. The fourth-order valence-electron chi connectivity index (χ4n) is 1.79. The molecule has 2 aromatic rings. The third-order valence-corrected chi connectivity index (χ3v) is 3.97. The maximum absolute atomic E-state index is 12.2. The predicted molar refractivity (Wildman–Crippen MR) is 87.8 cm³/mol. The van der Waals surface area contributed by atoms with Crippen molar-refractivity contribution in [3.63, 3.8) is 0 Å². The van der Waals surface area contributed by atoms with Crippen LogP contribution in [0.15, 0.2) is 53.4 Å². The molecule has 0 aliphatic carbocycles. The lowest BCUT2D eigenvalue weighted by molar-refractivity contribution is -0.115. The Labute approximate surface area is 128 Å². The van der Waals surface area contributed by atoms with Crippen molar-refractivity contribution in [1.29, 1.82) is 0 Å². The minimum atomic E-state index is -0.224. The van der Waals surface area contributed by atoms with E-state index in [-0.39, 0.29) is 11.2 Å². The molecule has 3 N–H and O–H groups in total. The van der Waals surface area contributed by atoms with Crippen LogP contribution in [0.2, 0.25) is 0 Å². The van der Waals surface area contributed by atoms with Crippen LogP contribution >= 0.6 is 11.8 Å². The zero-order valence-electron chi connectivity index (χ0n) is 12.0. The van der Waals surface area contributed by atoms with Crippen molar-refractivity contribution in [3.05, 3.63) is 48.5 Å². The van der Waals surface area contributed by atoms with E-state index in [1.54, 1.807) is 19.2 Å². The number of amides is 1. The van der Waals surface area contributed by atoms with Gasteiger partial charge in [-0.05, 0) is 43.3 Å². The number of thioether (sulfide) groups is 1. The highest BCUT2D eigenvalue weighted by molar-refractivity contribution is 8.00. The van der Waals surface area contributed by atoms with Crippen molar-refractivity contribution in [3.8, 4) is 5.75 Å². The standard InChI is InChI=1S/C16H18N2O2S/c1-11(21-15-8-4-7-14(10-15)20-2)16(19)18-13-6-3-5-12(17)9-13/h3-11H,17H2,1-2H3,(H,18,19). The maximum atomic E-state index is 12.2. The predicted octanol–water partition coefficient (Wildman–Crippen LogP) is 3.40. The molecule has 2 aromatic carbocycles. The Balaban J connectivity index is 1.99. The van der Waals surface area contributed by atoms with E-state index in [1.165, 1.54) is 11.8 Å². The minimum Gasteiger partial charge on any atom is -0.497 e. The molecule has 110 valence electrons. The van der Waals surface area contributed by atoms with Crippen LogP contribution in [0.4, 0.5) is 11.4 Å². The van der Waals surface area contributed by atoms with Crippen molar-refractivity contribution in [2.75, 3.05) is 18.2 Å². The molecule has 1 amide bonds. The molecule has 0 aliphatic rings. The Morgan fingerprint density at radius 2 is 2.00 bits per heavy atom. The summed E-state index contributed by atoms with van der Waals surface area (Å²) in [5, 5.41) is 2.64. The number of nitrogen functional groups attached to an aromatic ring is 1. The second-order valence-corrected chi connectivity index (χ2v) is 5.97. The molecule has 0 heterocycles. The van der Waals surface area contributed by atoms with E-state index in [9.17, 15) is 4.79 Å². The molecule has 0 radical (unpaired) electrons. The van der Waals surface area contributed by atoms with Gasteiger partial charge in [0.05, 0.1) is 12.4 Å². The number of carbonyl (C=O) groups excluding carboxylic acids is 1. The number of rotatable bonds is 5. The van der Waals surface area contributed by atoms with Crippen LogP contribution in [-0.4, -0.2) is 18.3 Å². The number of nitrogens with one attached hydrogen (secondary N) is 1. The lowest BCUT2D eigenvalue weighted by Gasteiger charge is -2.13.